The van der Waals surface area contributed by atoms with Gasteiger partial charge in [0.25, 0.3) is 0 Å². The van der Waals surface area contributed by atoms with Crippen LogP contribution in [-0.2, 0) is 22.8 Å². The molecule has 1 fully saturated rings. The largest absolute Gasteiger partial charge is 0.465 e. The van der Waals surface area contributed by atoms with Gasteiger partial charge in [-0.25, -0.2) is 18.2 Å². The number of hydrogen-bond acceptors (Lipinski definition) is 5. The summed E-state index contributed by atoms with van der Waals surface area (Å²) in [6, 6.07) is 5.37. The number of anilines is 1. The summed E-state index contributed by atoms with van der Waals surface area (Å²) < 4.78 is 29.0. The molecule has 0 radical (unpaired) electrons. The Hall–Kier alpha value is -2.88. The van der Waals surface area contributed by atoms with Crippen LogP contribution in [0.2, 0.25) is 0 Å². The number of nitrogens with zero attached hydrogens (tertiary/aromatic N) is 5. The Bertz CT molecular complexity index is 1300. The molecule has 3 atom stereocenters. The number of carbonyl (C=O) groups is 1. The average molecular weight is 472 g/mol. The zero-order chi connectivity index (χ0) is 23.3. The number of amides is 1. The first-order valence-electron chi connectivity index (χ1n) is 11.5. The van der Waals surface area contributed by atoms with Crippen molar-refractivity contribution in [2.45, 2.75) is 64.1 Å². The van der Waals surface area contributed by atoms with Crippen LogP contribution in [0, 0.1) is 0 Å². The lowest BCUT2D eigenvalue weighted by Gasteiger charge is -2.33. The number of aromatic nitrogens is 4. The van der Waals surface area contributed by atoms with E-state index < -0.39 is 15.9 Å². The van der Waals surface area contributed by atoms with Gasteiger partial charge in [-0.1, -0.05) is 6.92 Å². The van der Waals surface area contributed by atoms with Crippen molar-refractivity contribution in [3.8, 4) is 0 Å². The quantitative estimate of drug-likeness (QED) is 0.622. The maximum Gasteiger partial charge on any atom is 0.412 e. The average Bonchev–Trinajstić information content (AvgIpc) is 3.39. The molecule has 2 aliphatic rings. The highest BCUT2D eigenvalue weighted by Gasteiger charge is 2.34. The number of fused-ring (bicyclic) bond motifs is 3. The van der Waals surface area contributed by atoms with Crippen LogP contribution in [0.4, 0.5) is 10.5 Å². The Labute approximate surface area is 192 Å². The summed E-state index contributed by atoms with van der Waals surface area (Å²) in [7, 11) is -3.12. The van der Waals surface area contributed by atoms with Gasteiger partial charge in [0, 0.05) is 36.0 Å². The van der Waals surface area contributed by atoms with Gasteiger partial charge in [-0.05, 0) is 50.8 Å². The van der Waals surface area contributed by atoms with Gasteiger partial charge in [0.2, 0.25) is 0 Å². The number of carboxylic acid groups (broad SMARTS) is 1. The molecule has 0 bridgehead atoms. The first kappa shape index (κ1) is 21.9. The monoisotopic (exact) mass is 471 g/mol. The highest BCUT2D eigenvalue weighted by molar-refractivity contribution is 7.91. The van der Waals surface area contributed by atoms with Crippen molar-refractivity contribution in [3.63, 3.8) is 0 Å². The Morgan fingerprint density at radius 3 is 2.82 bits per heavy atom. The van der Waals surface area contributed by atoms with E-state index in [0.29, 0.717) is 18.7 Å². The fourth-order valence-corrected chi connectivity index (χ4v) is 7.09. The molecule has 0 spiro atoms. The van der Waals surface area contributed by atoms with Crippen LogP contribution in [0.5, 0.6) is 0 Å². The van der Waals surface area contributed by atoms with E-state index in [1.54, 1.807) is 6.20 Å². The summed E-state index contributed by atoms with van der Waals surface area (Å²) in [6.07, 6.45) is 5.56. The predicted molar refractivity (Wildman–Crippen MR) is 126 cm³/mol. The van der Waals surface area contributed by atoms with E-state index in [0.717, 1.165) is 41.7 Å². The van der Waals surface area contributed by atoms with E-state index in [-0.39, 0.29) is 29.5 Å². The van der Waals surface area contributed by atoms with E-state index in [1.807, 2.05) is 36.0 Å². The number of rotatable bonds is 4. The van der Waals surface area contributed by atoms with Gasteiger partial charge < -0.3 is 9.67 Å². The maximum atomic E-state index is 12.5. The van der Waals surface area contributed by atoms with E-state index >= 15 is 0 Å². The van der Waals surface area contributed by atoms with Gasteiger partial charge in [-0.15, -0.1) is 0 Å². The van der Waals surface area contributed by atoms with E-state index in [2.05, 4.69) is 16.6 Å². The Kier molecular flexibility index (Phi) is 5.43. The molecular formula is C23H29N5O4S. The van der Waals surface area contributed by atoms with Gasteiger partial charge in [-0.2, -0.15) is 5.10 Å². The fourth-order valence-electron chi connectivity index (χ4n) is 5.41. The second-order valence-corrected chi connectivity index (χ2v) is 11.6. The van der Waals surface area contributed by atoms with Crippen molar-refractivity contribution in [2.75, 3.05) is 16.4 Å². The summed E-state index contributed by atoms with van der Waals surface area (Å²) in [5.74, 6) is 1.16. The van der Waals surface area contributed by atoms with Crippen LogP contribution in [-0.4, -0.2) is 56.5 Å². The molecule has 176 valence electrons. The Morgan fingerprint density at radius 1 is 1.30 bits per heavy atom. The molecule has 9 nitrogen and oxygen atoms in total. The van der Waals surface area contributed by atoms with Crippen molar-refractivity contribution in [1.29, 1.82) is 0 Å². The van der Waals surface area contributed by atoms with Crippen molar-refractivity contribution in [3.05, 3.63) is 42.0 Å². The van der Waals surface area contributed by atoms with Gasteiger partial charge in [-0.3, -0.25) is 9.58 Å². The van der Waals surface area contributed by atoms with Crippen LogP contribution in [0.15, 0.2) is 30.6 Å². The molecule has 3 aromatic rings. The fraction of sp³-hybridized carbons (Fsp3) is 0.522. The van der Waals surface area contributed by atoms with Crippen LogP contribution >= 0.6 is 0 Å². The number of imidazole rings is 1. The molecule has 10 heteroatoms. The number of aryl methyl sites for hydroxylation is 1. The smallest absolute Gasteiger partial charge is 0.412 e. The molecular weight excluding hydrogens is 442 g/mol. The van der Waals surface area contributed by atoms with Crippen molar-refractivity contribution < 1.29 is 18.3 Å². The van der Waals surface area contributed by atoms with Crippen LogP contribution < -0.4 is 4.90 Å². The van der Waals surface area contributed by atoms with E-state index in [4.69, 9.17) is 4.98 Å². The van der Waals surface area contributed by atoms with Crippen LogP contribution in [0.3, 0.4) is 0 Å². The first-order chi connectivity index (χ1) is 15.7. The lowest BCUT2D eigenvalue weighted by atomic mass is 9.95. The normalized spacial score (nSPS) is 23.4. The minimum atomic E-state index is -3.12. The predicted octanol–water partition coefficient (Wildman–Crippen LogP) is 3.61. The van der Waals surface area contributed by atoms with Crippen LogP contribution in [0.25, 0.3) is 11.0 Å². The number of hydrogen-bond donors (Lipinski definition) is 1. The third-order valence-electron chi connectivity index (χ3n) is 6.95. The minimum absolute atomic E-state index is 0.00401. The van der Waals surface area contributed by atoms with Gasteiger partial charge in [0.15, 0.2) is 9.84 Å². The summed E-state index contributed by atoms with van der Waals surface area (Å²) in [4.78, 5) is 18.4. The molecule has 1 aromatic carbocycles. The molecule has 2 aliphatic heterocycles. The summed E-state index contributed by atoms with van der Waals surface area (Å²) in [6.45, 7) is 4.62. The second kappa shape index (κ2) is 8.16. The van der Waals surface area contributed by atoms with Crippen molar-refractivity contribution in [2.24, 2.45) is 0 Å². The lowest BCUT2D eigenvalue weighted by Crippen LogP contribution is -2.41. The van der Waals surface area contributed by atoms with Gasteiger partial charge in [0.05, 0.1) is 34.8 Å². The molecule has 1 unspecified atom stereocenters. The van der Waals surface area contributed by atoms with Crippen LogP contribution in [0.1, 0.15) is 56.5 Å². The molecule has 2 aromatic heterocycles. The standard InChI is InChI=1S/C23H29N5O4S/c1-15(13-26-11-4-10-24-26)22-25-21-18-7-6-16(2)27(23(29)30)19(18)8-9-20(21)28(22)17-5-3-12-33(31,32)14-17/h4,8-11,15-17H,3,5-7,12-14H2,1-2H3,(H,29,30)/t15?,16-,17+/m0/s1. The highest BCUT2D eigenvalue weighted by Crippen LogP contribution is 2.39. The SMILES string of the molecule is CC(Cn1cccn1)c1nc2c3c(ccc2n1[C@@H]1CCCS(=O)(=O)C1)N(C(=O)O)[C@@H](C)CC3. The zero-order valence-electron chi connectivity index (χ0n) is 18.9. The maximum absolute atomic E-state index is 12.5. The molecule has 4 heterocycles. The molecule has 1 saturated heterocycles. The second-order valence-electron chi connectivity index (χ2n) is 9.35. The molecule has 33 heavy (non-hydrogen) atoms. The Balaban J connectivity index is 1.68. The molecule has 1 amide bonds. The summed E-state index contributed by atoms with van der Waals surface area (Å²) in [5.41, 5.74) is 3.29. The summed E-state index contributed by atoms with van der Waals surface area (Å²) in [5, 5.41) is 14.1. The topological polar surface area (TPSA) is 110 Å². The highest BCUT2D eigenvalue weighted by atomic mass is 32.2. The lowest BCUT2D eigenvalue weighted by molar-refractivity contribution is 0.198. The minimum Gasteiger partial charge on any atom is -0.465 e. The molecule has 1 N–H and O–H groups in total. The van der Waals surface area contributed by atoms with E-state index in [1.165, 1.54) is 4.90 Å². The van der Waals surface area contributed by atoms with Crippen molar-refractivity contribution >= 4 is 32.7 Å². The molecule has 0 aliphatic carbocycles. The van der Waals surface area contributed by atoms with Gasteiger partial charge >= 0.3 is 6.09 Å². The third kappa shape index (κ3) is 3.90. The zero-order valence-corrected chi connectivity index (χ0v) is 19.7. The van der Waals surface area contributed by atoms with Gasteiger partial charge in [0.1, 0.15) is 5.82 Å². The molecule has 5 rings (SSSR count). The van der Waals surface area contributed by atoms with Crippen molar-refractivity contribution in [1.82, 2.24) is 19.3 Å². The molecule has 0 saturated carbocycles. The Morgan fingerprint density at radius 2 is 2.12 bits per heavy atom. The number of sulfone groups is 1. The number of benzene rings is 1. The third-order valence-corrected chi connectivity index (χ3v) is 8.76. The summed E-state index contributed by atoms with van der Waals surface area (Å²) >= 11 is 0. The first-order valence-corrected chi connectivity index (χ1v) is 13.3. The van der Waals surface area contributed by atoms with E-state index in [9.17, 15) is 18.3 Å².